The fraction of sp³-hybridized carbons (Fsp3) is 0.556. The third kappa shape index (κ3) is 3.79. The van der Waals surface area contributed by atoms with Crippen molar-refractivity contribution in [1.29, 1.82) is 0 Å². The SMILES string of the molecule is CC(C)(O)c1ccc(C2=CN(C3CCC(O)CC3)CC=N2)cn1. The Morgan fingerprint density at radius 2 is 1.91 bits per heavy atom. The number of rotatable bonds is 3. The highest BCUT2D eigenvalue weighted by molar-refractivity contribution is 5.76. The van der Waals surface area contributed by atoms with Crippen molar-refractivity contribution in [1.82, 2.24) is 9.88 Å². The van der Waals surface area contributed by atoms with E-state index < -0.39 is 5.60 Å². The summed E-state index contributed by atoms with van der Waals surface area (Å²) in [6.07, 6.45) is 9.47. The molecule has 0 amide bonds. The first-order valence-electron chi connectivity index (χ1n) is 8.31. The molecule has 2 aliphatic rings. The Labute approximate surface area is 137 Å². The maximum atomic E-state index is 9.99. The molecule has 1 aromatic heterocycles. The van der Waals surface area contributed by atoms with E-state index in [0.717, 1.165) is 43.5 Å². The Hall–Kier alpha value is -1.72. The maximum Gasteiger partial charge on any atom is 0.101 e. The molecule has 124 valence electrons. The second-order valence-electron chi connectivity index (χ2n) is 6.98. The lowest BCUT2D eigenvalue weighted by atomic mass is 9.92. The Bertz CT molecular complexity index is 594. The molecule has 1 aliphatic heterocycles. The van der Waals surface area contributed by atoms with Gasteiger partial charge in [-0.1, -0.05) is 0 Å². The summed E-state index contributed by atoms with van der Waals surface area (Å²) in [6.45, 7) is 4.28. The molecule has 1 aromatic rings. The van der Waals surface area contributed by atoms with Gasteiger partial charge in [0.1, 0.15) is 5.60 Å². The molecule has 0 atom stereocenters. The average molecular weight is 315 g/mol. The van der Waals surface area contributed by atoms with Gasteiger partial charge in [-0.15, -0.1) is 0 Å². The molecule has 5 heteroatoms. The van der Waals surface area contributed by atoms with Gasteiger partial charge >= 0.3 is 0 Å². The van der Waals surface area contributed by atoms with E-state index in [1.807, 2.05) is 18.3 Å². The van der Waals surface area contributed by atoms with Crippen molar-refractivity contribution in [2.24, 2.45) is 4.99 Å². The van der Waals surface area contributed by atoms with Gasteiger partial charge in [0, 0.05) is 30.2 Å². The zero-order valence-corrected chi connectivity index (χ0v) is 13.8. The molecule has 3 rings (SSSR count). The van der Waals surface area contributed by atoms with Crippen LogP contribution in [0, 0.1) is 0 Å². The first kappa shape index (κ1) is 16.1. The van der Waals surface area contributed by atoms with Crippen LogP contribution in [-0.4, -0.2) is 45.0 Å². The molecule has 1 saturated carbocycles. The largest absolute Gasteiger partial charge is 0.393 e. The Morgan fingerprint density at radius 3 is 2.52 bits per heavy atom. The summed E-state index contributed by atoms with van der Waals surface area (Å²) in [5.41, 5.74) is 1.57. The Balaban J connectivity index is 1.75. The molecule has 23 heavy (non-hydrogen) atoms. The summed E-state index contributed by atoms with van der Waals surface area (Å²) in [7, 11) is 0. The van der Waals surface area contributed by atoms with Crippen molar-refractivity contribution in [3.63, 3.8) is 0 Å². The van der Waals surface area contributed by atoms with E-state index >= 15 is 0 Å². The van der Waals surface area contributed by atoms with Gasteiger partial charge in [0.25, 0.3) is 0 Å². The van der Waals surface area contributed by atoms with Gasteiger partial charge in [0.15, 0.2) is 0 Å². The standard InChI is InChI=1S/C18H25N3O2/c1-18(2,23)17-8-3-13(11-20-17)16-12-21(10-9-19-16)14-4-6-15(22)7-5-14/h3,8-9,11-12,14-15,22-23H,4-7,10H2,1-2H3. The van der Waals surface area contributed by atoms with Crippen molar-refractivity contribution in [3.8, 4) is 0 Å². The number of aliphatic hydroxyl groups excluding tert-OH is 1. The number of aromatic nitrogens is 1. The second kappa shape index (κ2) is 6.42. The van der Waals surface area contributed by atoms with Crippen LogP contribution in [0.2, 0.25) is 0 Å². The lowest BCUT2D eigenvalue weighted by Gasteiger charge is -2.35. The molecular weight excluding hydrogens is 290 g/mol. The van der Waals surface area contributed by atoms with Crippen LogP contribution in [-0.2, 0) is 5.60 Å². The van der Waals surface area contributed by atoms with Crippen molar-refractivity contribution in [2.75, 3.05) is 6.54 Å². The molecule has 0 spiro atoms. The quantitative estimate of drug-likeness (QED) is 0.898. The molecule has 2 heterocycles. The van der Waals surface area contributed by atoms with Crippen molar-refractivity contribution >= 4 is 11.9 Å². The smallest absolute Gasteiger partial charge is 0.101 e. The molecule has 0 aromatic carbocycles. The number of pyridine rings is 1. The summed E-state index contributed by atoms with van der Waals surface area (Å²) in [5.74, 6) is 0. The number of hydrogen-bond acceptors (Lipinski definition) is 5. The summed E-state index contributed by atoms with van der Waals surface area (Å²) in [6, 6.07) is 4.28. The number of nitrogens with zero attached hydrogens (tertiary/aromatic N) is 3. The van der Waals surface area contributed by atoms with Crippen molar-refractivity contribution < 1.29 is 10.2 Å². The first-order valence-corrected chi connectivity index (χ1v) is 8.31. The van der Waals surface area contributed by atoms with Crippen LogP contribution in [0.3, 0.4) is 0 Å². The van der Waals surface area contributed by atoms with Gasteiger partial charge in [0.05, 0.1) is 24.0 Å². The van der Waals surface area contributed by atoms with Crippen LogP contribution in [0.4, 0.5) is 0 Å². The highest BCUT2D eigenvalue weighted by atomic mass is 16.3. The molecule has 0 radical (unpaired) electrons. The fourth-order valence-corrected chi connectivity index (χ4v) is 3.18. The van der Waals surface area contributed by atoms with Gasteiger partial charge in [-0.2, -0.15) is 0 Å². The summed E-state index contributed by atoms with van der Waals surface area (Å²) in [5, 5.41) is 19.6. The molecule has 1 aliphatic carbocycles. The van der Waals surface area contributed by atoms with E-state index in [-0.39, 0.29) is 6.10 Å². The molecule has 2 N–H and O–H groups in total. The van der Waals surface area contributed by atoms with E-state index in [4.69, 9.17) is 0 Å². The van der Waals surface area contributed by atoms with E-state index in [0.29, 0.717) is 11.7 Å². The van der Waals surface area contributed by atoms with Crippen molar-refractivity contribution in [3.05, 3.63) is 35.8 Å². The molecule has 0 bridgehead atoms. The minimum atomic E-state index is -0.933. The van der Waals surface area contributed by atoms with Gasteiger partial charge in [-0.25, -0.2) is 0 Å². The monoisotopic (exact) mass is 315 g/mol. The molecule has 5 nitrogen and oxygen atoms in total. The number of hydrogen-bond donors (Lipinski definition) is 2. The zero-order valence-electron chi connectivity index (χ0n) is 13.8. The van der Waals surface area contributed by atoms with Crippen LogP contribution in [0.1, 0.15) is 50.8 Å². The maximum absolute atomic E-state index is 9.99. The first-order chi connectivity index (χ1) is 10.9. The highest BCUT2D eigenvalue weighted by Gasteiger charge is 2.24. The predicted octanol–water partition coefficient (Wildman–Crippen LogP) is 2.30. The lowest BCUT2D eigenvalue weighted by Crippen LogP contribution is -2.37. The van der Waals surface area contributed by atoms with Gasteiger partial charge in [0.2, 0.25) is 0 Å². The van der Waals surface area contributed by atoms with Crippen LogP contribution in [0.15, 0.2) is 29.5 Å². The third-order valence-electron chi connectivity index (χ3n) is 4.63. The number of aliphatic imine (C=N–C) groups is 1. The van der Waals surface area contributed by atoms with Gasteiger partial charge < -0.3 is 15.1 Å². The van der Waals surface area contributed by atoms with Crippen molar-refractivity contribution in [2.45, 2.75) is 57.3 Å². The van der Waals surface area contributed by atoms with Gasteiger partial charge in [-0.3, -0.25) is 9.98 Å². The molecule has 1 fully saturated rings. The van der Waals surface area contributed by atoms with E-state index in [9.17, 15) is 10.2 Å². The normalized spacial score (nSPS) is 25.4. The molecule has 0 saturated heterocycles. The molecular formula is C18H25N3O2. The number of aliphatic hydroxyl groups is 2. The van der Waals surface area contributed by atoms with Crippen LogP contribution in [0.25, 0.3) is 5.70 Å². The third-order valence-corrected chi connectivity index (χ3v) is 4.63. The minimum Gasteiger partial charge on any atom is -0.393 e. The van der Waals surface area contributed by atoms with Crippen LogP contribution >= 0.6 is 0 Å². The average Bonchev–Trinajstić information content (AvgIpc) is 2.55. The summed E-state index contributed by atoms with van der Waals surface area (Å²) >= 11 is 0. The second-order valence-corrected chi connectivity index (χ2v) is 6.98. The van der Waals surface area contributed by atoms with Crippen LogP contribution in [0.5, 0.6) is 0 Å². The van der Waals surface area contributed by atoms with Gasteiger partial charge in [-0.05, 0) is 51.7 Å². The van der Waals surface area contributed by atoms with E-state index in [1.165, 1.54) is 0 Å². The predicted molar refractivity (Wildman–Crippen MR) is 90.9 cm³/mol. The minimum absolute atomic E-state index is 0.133. The Morgan fingerprint density at radius 1 is 1.17 bits per heavy atom. The topological polar surface area (TPSA) is 69.0 Å². The lowest BCUT2D eigenvalue weighted by molar-refractivity contribution is 0.0738. The van der Waals surface area contributed by atoms with E-state index in [1.54, 1.807) is 20.0 Å². The van der Waals surface area contributed by atoms with E-state index in [2.05, 4.69) is 21.1 Å². The highest BCUT2D eigenvalue weighted by Crippen LogP contribution is 2.27. The summed E-state index contributed by atoms with van der Waals surface area (Å²) < 4.78 is 0. The Kier molecular flexibility index (Phi) is 4.50. The summed E-state index contributed by atoms with van der Waals surface area (Å²) in [4.78, 5) is 11.2. The zero-order chi connectivity index (χ0) is 16.4. The molecule has 0 unspecified atom stereocenters. The van der Waals surface area contributed by atoms with Crippen LogP contribution < -0.4 is 0 Å². The fourth-order valence-electron chi connectivity index (χ4n) is 3.18.